The van der Waals surface area contributed by atoms with Crippen molar-refractivity contribution in [1.29, 1.82) is 0 Å². The average molecular weight is 815 g/mol. The summed E-state index contributed by atoms with van der Waals surface area (Å²) in [4.78, 5) is 75.4. The summed E-state index contributed by atoms with van der Waals surface area (Å²) in [7, 11) is 0. The number of nitrogens with one attached hydrogen (secondary N) is 1. The van der Waals surface area contributed by atoms with E-state index >= 15 is 0 Å². The molecule has 2 N–H and O–H groups in total. The molecule has 7 rings (SSSR count). The molecule has 2 aromatic rings. The summed E-state index contributed by atoms with van der Waals surface area (Å²) in [6.07, 6.45) is 7.42. The van der Waals surface area contributed by atoms with E-state index in [4.69, 9.17) is 9.47 Å². The van der Waals surface area contributed by atoms with Gasteiger partial charge in [-0.2, -0.15) is 0 Å². The number of para-hydroxylation sites is 1. The highest BCUT2D eigenvalue weighted by molar-refractivity contribution is 5.91. The third-order valence-corrected chi connectivity index (χ3v) is 13.4. The van der Waals surface area contributed by atoms with Crippen LogP contribution in [0, 0.1) is 25.7 Å². The Bertz CT molecular complexity index is 1800. The second-order valence-electron chi connectivity index (χ2n) is 17.3. The van der Waals surface area contributed by atoms with E-state index in [9.17, 15) is 29.1 Å². The van der Waals surface area contributed by atoms with Gasteiger partial charge < -0.3 is 39.5 Å². The first-order valence-corrected chi connectivity index (χ1v) is 21.9. The van der Waals surface area contributed by atoms with E-state index in [2.05, 4.69) is 10.2 Å². The third kappa shape index (κ3) is 10.7. The number of ether oxygens (including phenoxy) is 2. The first kappa shape index (κ1) is 42.3. The summed E-state index contributed by atoms with van der Waals surface area (Å²) >= 11 is 0. The molecule has 1 atom stereocenters. The van der Waals surface area contributed by atoms with Crippen LogP contribution in [0.15, 0.2) is 36.4 Å². The zero-order valence-electron chi connectivity index (χ0n) is 34.9. The van der Waals surface area contributed by atoms with E-state index < -0.39 is 12.2 Å². The van der Waals surface area contributed by atoms with Gasteiger partial charge in [-0.05, 0) is 131 Å². The lowest BCUT2D eigenvalue weighted by Gasteiger charge is -2.41. The van der Waals surface area contributed by atoms with E-state index in [1.54, 1.807) is 9.80 Å². The lowest BCUT2D eigenvalue weighted by molar-refractivity contribution is -0.153. The Kier molecular flexibility index (Phi) is 14.0. The molecule has 0 bridgehead atoms. The maximum absolute atomic E-state index is 14.2. The van der Waals surface area contributed by atoms with Crippen LogP contribution >= 0.6 is 0 Å². The van der Waals surface area contributed by atoms with Gasteiger partial charge in [0, 0.05) is 64.0 Å². The Morgan fingerprint density at radius 1 is 0.780 bits per heavy atom. The number of phenolic OH excluding ortho intramolecular Hbond substituents is 1. The molecule has 0 saturated carbocycles. The fraction of sp³-hybridized carbons (Fsp3) is 0.622. The molecule has 4 saturated heterocycles. The van der Waals surface area contributed by atoms with Crippen molar-refractivity contribution >= 4 is 35.6 Å². The van der Waals surface area contributed by atoms with Gasteiger partial charge in [0.25, 0.3) is 11.8 Å². The number of aryl methyl sites for hydroxylation is 2. The number of hydrogen-bond donors (Lipinski definition) is 2. The zero-order chi connectivity index (χ0) is 41.5. The smallest absolute Gasteiger partial charge is 0.410 e. The Labute approximate surface area is 348 Å². The number of phenols is 1. The molecule has 5 aliphatic heterocycles. The van der Waals surface area contributed by atoms with Crippen molar-refractivity contribution in [3.05, 3.63) is 58.7 Å². The van der Waals surface area contributed by atoms with Crippen molar-refractivity contribution in [2.75, 3.05) is 77.4 Å². The van der Waals surface area contributed by atoms with Gasteiger partial charge in [-0.3, -0.25) is 19.3 Å². The Hall–Kier alpha value is -4.85. The van der Waals surface area contributed by atoms with E-state index in [0.29, 0.717) is 68.5 Å². The minimum Gasteiger partial charge on any atom is -0.507 e. The van der Waals surface area contributed by atoms with E-state index in [0.717, 1.165) is 94.4 Å². The summed E-state index contributed by atoms with van der Waals surface area (Å²) in [5, 5.41) is 13.5. The number of nitrogens with zero attached hydrogens (tertiary/aromatic N) is 5. The van der Waals surface area contributed by atoms with Crippen LogP contribution in [0.3, 0.4) is 0 Å². The molecule has 320 valence electrons. The molecular weight excluding hydrogens is 753 g/mol. The van der Waals surface area contributed by atoms with Crippen molar-refractivity contribution in [1.82, 2.24) is 24.5 Å². The van der Waals surface area contributed by atoms with Crippen molar-refractivity contribution < 1.29 is 38.6 Å². The molecule has 2 aromatic carbocycles. The van der Waals surface area contributed by atoms with Crippen LogP contribution in [0.2, 0.25) is 0 Å². The van der Waals surface area contributed by atoms with Gasteiger partial charge in [-0.15, -0.1) is 0 Å². The molecule has 14 nitrogen and oxygen atoms in total. The number of carbonyl (C=O) groups excluding carboxylic acids is 5. The molecule has 5 amide bonds. The Morgan fingerprint density at radius 2 is 1.41 bits per heavy atom. The monoisotopic (exact) mass is 814 g/mol. The van der Waals surface area contributed by atoms with Crippen LogP contribution < -0.4 is 5.32 Å². The van der Waals surface area contributed by atoms with E-state index in [1.165, 1.54) is 0 Å². The molecule has 59 heavy (non-hydrogen) atoms. The van der Waals surface area contributed by atoms with Gasteiger partial charge in [-0.25, -0.2) is 9.59 Å². The van der Waals surface area contributed by atoms with Gasteiger partial charge in [0.1, 0.15) is 5.75 Å². The fourth-order valence-electron chi connectivity index (χ4n) is 9.83. The number of carbonyl (C=O) groups is 5. The van der Waals surface area contributed by atoms with Crippen LogP contribution in [-0.2, 0) is 36.7 Å². The van der Waals surface area contributed by atoms with Crippen molar-refractivity contribution in [3.63, 3.8) is 0 Å². The molecule has 0 spiro atoms. The average Bonchev–Trinajstić information content (AvgIpc) is 3.42. The minimum atomic E-state index is -1.02. The molecule has 0 aliphatic carbocycles. The number of amides is 5. The van der Waals surface area contributed by atoms with Gasteiger partial charge >= 0.3 is 18.1 Å². The lowest BCUT2D eigenvalue weighted by Crippen LogP contribution is -2.52. The second-order valence-corrected chi connectivity index (χ2v) is 17.3. The number of aromatic hydroxyl groups is 1. The molecule has 5 aliphatic rings. The lowest BCUT2D eigenvalue weighted by atomic mass is 9.78. The Morgan fingerprint density at radius 3 is 2.08 bits per heavy atom. The minimum absolute atomic E-state index is 0.00933. The number of fused-ring (bicyclic) bond motifs is 1. The summed E-state index contributed by atoms with van der Waals surface area (Å²) in [5.41, 5.74) is 4.17. The molecule has 5 heterocycles. The summed E-state index contributed by atoms with van der Waals surface area (Å²) in [5.74, 6) is 0.497. The van der Waals surface area contributed by atoms with Crippen LogP contribution in [0.25, 0.3) is 0 Å². The highest BCUT2D eigenvalue weighted by Gasteiger charge is 2.37. The van der Waals surface area contributed by atoms with Gasteiger partial charge in [0.2, 0.25) is 0 Å². The number of urea groups is 1. The standard InChI is InChI=1S/C45H62N6O8/c1-31-26-33(27-32(2)42(31)54)28-39(59-45(57)50-23-15-37(16-24-50)51-25-14-36-8-4-5-9-38(36)46-44(51)56)43(55)49-21-12-35(13-22-49)34-10-19-47(20-11-34)29-41(53)58-30-40(52)48-17-6-3-7-18-48/h4-5,8-9,26-27,34-35,37,39,54H,3,6-7,10-25,28-30H2,1-2H3,(H,46,56)/t39-/m1/s1. The molecule has 0 aromatic heterocycles. The number of piperidine rings is 4. The van der Waals surface area contributed by atoms with Crippen molar-refractivity contribution in [2.45, 2.75) is 96.6 Å². The van der Waals surface area contributed by atoms with E-state index in [1.807, 2.05) is 60.0 Å². The quantitative estimate of drug-likeness (QED) is 0.312. The Balaban J connectivity index is 0.893. The molecule has 0 radical (unpaired) electrons. The molecular formula is C45H62N6O8. The predicted molar refractivity (Wildman–Crippen MR) is 222 cm³/mol. The SMILES string of the molecule is Cc1cc(C[C@@H](OC(=O)N2CCC(N3CCc4ccccc4NC3=O)CC2)C(=O)N2CCC(C3CCN(CC(=O)OCC(=O)N4CCCCC4)CC3)CC2)cc(C)c1O. The maximum Gasteiger partial charge on any atom is 0.410 e. The maximum atomic E-state index is 14.2. The van der Waals surface area contributed by atoms with Crippen LogP contribution in [0.5, 0.6) is 5.75 Å². The predicted octanol–water partition coefficient (Wildman–Crippen LogP) is 5.12. The number of benzene rings is 2. The third-order valence-electron chi connectivity index (χ3n) is 13.4. The van der Waals surface area contributed by atoms with Crippen LogP contribution in [-0.4, -0.2) is 144 Å². The number of esters is 1. The highest BCUT2D eigenvalue weighted by atomic mass is 16.6. The first-order chi connectivity index (χ1) is 28.5. The topological polar surface area (TPSA) is 152 Å². The number of rotatable bonds is 10. The normalized spacial score (nSPS) is 20.7. The summed E-state index contributed by atoms with van der Waals surface area (Å²) in [6.45, 7) is 9.31. The van der Waals surface area contributed by atoms with Crippen molar-refractivity contribution in [2.24, 2.45) is 11.8 Å². The van der Waals surface area contributed by atoms with Crippen LogP contribution in [0.1, 0.15) is 80.0 Å². The van der Waals surface area contributed by atoms with Gasteiger partial charge in [0.15, 0.2) is 12.7 Å². The summed E-state index contributed by atoms with van der Waals surface area (Å²) in [6, 6.07) is 11.4. The first-order valence-electron chi connectivity index (χ1n) is 21.9. The van der Waals surface area contributed by atoms with Gasteiger partial charge in [-0.1, -0.05) is 30.3 Å². The van der Waals surface area contributed by atoms with Crippen molar-refractivity contribution in [3.8, 4) is 5.75 Å². The molecule has 0 unspecified atom stereocenters. The molecule has 14 heteroatoms. The van der Waals surface area contributed by atoms with Gasteiger partial charge in [0.05, 0.1) is 6.54 Å². The summed E-state index contributed by atoms with van der Waals surface area (Å²) < 4.78 is 11.5. The number of anilines is 1. The van der Waals surface area contributed by atoms with Crippen LogP contribution in [0.4, 0.5) is 15.3 Å². The molecule has 4 fully saturated rings. The number of likely N-dealkylation sites (tertiary alicyclic amines) is 4. The second kappa shape index (κ2) is 19.5. The highest BCUT2D eigenvalue weighted by Crippen LogP contribution is 2.33. The largest absolute Gasteiger partial charge is 0.507 e. The fourth-order valence-corrected chi connectivity index (χ4v) is 9.83. The number of hydrogen-bond acceptors (Lipinski definition) is 9. The van der Waals surface area contributed by atoms with E-state index in [-0.39, 0.29) is 55.2 Å². The zero-order valence-corrected chi connectivity index (χ0v) is 34.9.